The van der Waals surface area contributed by atoms with Gasteiger partial charge in [0.1, 0.15) is 18.0 Å². The van der Waals surface area contributed by atoms with Crippen LogP contribution in [0.5, 0.6) is 0 Å². The summed E-state index contributed by atoms with van der Waals surface area (Å²) in [6, 6.07) is 12.0. The minimum atomic E-state index is -0.592. The molecule has 0 saturated carbocycles. The molecule has 5 heteroatoms. The van der Waals surface area contributed by atoms with Crippen LogP contribution < -0.4 is 4.90 Å². The Balaban J connectivity index is 1.86. The average molecular weight is 355 g/mol. The smallest absolute Gasteiger partial charge is 0.326 e. The topological polar surface area (TPSA) is 46.6 Å². The molecule has 136 valence electrons. The number of halogens is 1. The number of amides is 1. The summed E-state index contributed by atoms with van der Waals surface area (Å²) >= 11 is 0. The van der Waals surface area contributed by atoms with E-state index < -0.39 is 11.6 Å². The van der Waals surface area contributed by atoms with Gasteiger partial charge in [-0.15, -0.1) is 0 Å². The number of fused-ring (bicyclic) bond motifs is 1. The highest BCUT2D eigenvalue weighted by molar-refractivity contribution is 6.00. The number of carbonyl (C=O) groups excluding carboxylic acids is 2. The lowest BCUT2D eigenvalue weighted by Gasteiger charge is -2.30. The lowest BCUT2D eigenvalue weighted by Crippen LogP contribution is -2.41. The molecule has 0 bridgehead atoms. The van der Waals surface area contributed by atoms with Crippen molar-refractivity contribution in [3.63, 3.8) is 0 Å². The summed E-state index contributed by atoms with van der Waals surface area (Å²) in [7, 11) is 0. The first-order valence-corrected chi connectivity index (χ1v) is 8.64. The molecule has 0 unspecified atom stereocenters. The van der Waals surface area contributed by atoms with E-state index in [2.05, 4.69) is 0 Å². The monoisotopic (exact) mass is 355 g/mol. The molecule has 2 aromatic carbocycles. The van der Waals surface area contributed by atoms with Gasteiger partial charge in [-0.2, -0.15) is 0 Å². The third-order valence-corrected chi connectivity index (χ3v) is 4.16. The molecule has 2 aromatic rings. The number of benzene rings is 2. The van der Waals surface area contributed by atoms with Gasteiger partial charge in [-0.1, -0.05) is 18.2 Å². The third kappa shape index (κ3) is 4.10. The van der Waals surface area contributed by atoms with Gasteiger partial charge in [0.25, 0.3) is 0 Å². The van der Waals surface area contributed by atoms with E-state index >= 15 is 0 Å². The van der Waals surface area contributed by atoms with E-state index in [1.807, 2.05) is 18.2 Å². The van der Waals surface area contributed by atoms with Crippen molar-refractivity contribution in [2.75, 3.05) is 11.4 Å². The van der Waals surface area contributed by atoms with E-state index in [4.69, 9.17) is 4.74 Å². The van der Waals surface area contributed by atoms with Gasteiger partial charge in [0.2, 0.25) is 5.91 Å². The first-order chi connectivity index (χ1) is 12.2. The maximum Gasteiger partial charge on any atom is 0.326 e. The summed E-state index contributed by atoms with van der Waals surface area (Å²) in [4.78, 5) is 26.0. The Morgan fingerprint density at radius 1 is 1.08 bits per heavy atom. The molecule has 0 atom stereocenters. The van der Waals surface area contributed by atoms with Crippen LogP contribution in [-0.4, -0.2) is 24.0 Å². The number of ether oxygens (including phenoxy) is 1. The summed E-state index contributed by atoms with van der Waals surface area (Å²) < 4.78 is 18.5. The van der Waals surface area contributed by atoms with Gasteiger partial charge in [0.05, 0.1) is 0 Å². The minimum Gasteiger partial charge on any atom is -0.459 e. The summed E-state index contributed by atoms with van der Waals surface area (Å²) in [5.74, 6) is -0.792. The first kappa shape index (κ1) is 18.1. The summed E-state index contributed by atoms with van der Waals surface area (Å²) in [6.45, 7) is 5.29. The quantitative estimate of drug-likeness (QED) is 0.779. The molecule has 0 saturated heterocycles. The Labute approximate surface area is 152 Å². The Morgan fingerprint density at radius 2 is 1.73 bits per heavy atom. The molecule has 0 aromatic heterocycles. The molecule has 0 N–H and O–H groups in total. The number of nitrogens with zero attached hydrogens (tertiary/aromatic N) is 1. The Morgan fingerprint density at radius 3 is 2.38 bits per heavy atom. The molecule has 1 aliphatic heterocycles. The SMILES string of the molecule is CC(C)(C)OC(=O)CN1C(=O)CCc2cc(-c3ccc(F)cc3)ccc21. The van der Waals surface area contributed by atoms with Gasteiger partial charge in [-0.25, -0.2) is 4.39 Å². The van der Waals surface area contributed by atoms with E-state index in [1.54, 1.807) is 32.9 Å². The normalized spacial score (nSPS) is 14.2. The fourth-order valence-electron chi connectivity index (χ4n) is 3.06. The molecule has 1 amide bonds. The molecule has 0 aliphatic carbocycles. The van der Waals surface area contributed by atoms with E-state index in [9.17, 15) is 14.0 Å². The molecule has 4 nitrogen and oxygen atoms in total. The number of esters is 1. The van der Waals surface area contributed by atoms with Gasteiger partial charge >= 0.3 is 5.97 Å². The lowest BCUT2D eigenvalue weighted by atomic mass is 9.96. The van der Waals surface area contributed by atoms with E-state index in [1.165, 1.54) is 17.0 Å². The van der Waals surface area contributed by atoms with Gasteiger partial charge < -0.3 is 9.64 Å². The van der Waals surface area contributed by atoms with Crippen LogP contribution in [0.25, 0.3) is 11.1 Å². The Kier molecular flexibility index (Phi) is 4.81. The third-order valence-electron chi connectivity index (χ3n) is 4.16. The standard InChI is InChI=1S/C21H22FNO3/c1-21(2,3)26-20(25)13-23-18-10-6-15(12-16(18)7-11-19(23)24)14-4-8-17(22)9-5-14/h4-6,8-10,12H,7,11,13H2,1-3H3. The number of rotatable bonds is 3. The molecule has 1 aliphatic rings. The zero-order chi connectivity index (χ0) is 18.9. The van der Waals surface area contributed by atoms with Crippen molar-refractivity contribution in [1.82, 2.24) is 0 Å². The molecular weight excluding hydrogens is 333 g/mol. The largest absolute Gasteiger partial charge is 0.459 e. The average Bonchev–Trinajstić information content (AvgIpc) is 2.56. The predicted molar refractivity (Wildman–Crippen MR) is 98.4 cm³/mol. The van der Waals surface area contributed by atoms with Crippen LogP contribution in [0.1, 0.15) is 32.8 Å². The Bertz CT molecular complexity index is 837. The molecular formula is C21H22FNO3. The second kappa shape index (κ2) is 6.90. The fourth-order valence-corrected chi connectivity index (χ4v) is 3.06. The number of carbonyl (C=O) groups is 2. The maximum atomic E-state index is 13.1. The van der Waals surface area contributed by atoms with Crippen LogP contribution in [0.15, 0.2) is 42.5 Å². The van der Waals surface area contributed by atoms with Crippen LogP contribution in [0.4, 0.5) is 10.1 Å². The van der Waals surface area contributed by atoms with Crippen molar-refractivity contribution in [2.24, 2.45) is 0 Å². The van der Waals surface area contributed by atoms with Gasteiger partial charge in [-0.05, 0) is 68.1 Å². The second-order valence-corrected chi connectivity index (χ2v) is 7.42. The zero-order valence-corrected chi connectivity index (χ0v) is 15.2. The van der Waals surface area contributed by atoms with Crippen molar-refractivity contribution in [2.45, 2.75) is 39.2 Å². The fraction of sp³-hybridized carbons (Fsp3) is 0.333. The molecule has 0 radical (unpaired) electrons. The number of aryl methyl sites for hydroxylation is 1. The minimum absolute atomic E-state index is 0.0853. The Hall–Kier alpha value is -2.69. The van der Waals surface area contributed by atoms with Crippen molar-refractivity contribution in [1.29, 1.82) is 0 Å². The van der Waals surface area contributed by atoms with E-state index in [0.717, 1.165) is 22.4 Å². The molecule has 26 heavy (non-hydrogen) atoms. The highest BCUT2D eigenvalue weighted by atomic mass is 19.1. The molecule has 0 spiro atoms. The maximum absolute atomic E-state index is 13.1. The molecule has 0 fully saturated rings. The van der Waals surface area contributed by atoms with Gasteiger partial charge in [0.15, 0.2) is 0 Å². The summed E-state index contributed by atoms with van der Waals surface area (Å²) in [5.41, 5.74) is 3.00. The van der Waals surface area contributed by atoms with Crippen LogP contribution in [0.2, 0.25) is 0 Å². The number of hydrogen-bond donors (Lipinski definition) is 0. The van der Waals surface area contributed by atoms with Crippen molar-refractivity contribution >= 4 is 17.6 Å². The van der Waals surface area contributed by atoms with Crippen LogP contribution >= 0.6 is 0 Å². The molecule has 3 rings (SSSR count). The number of anilines is 1. The van der Waals surface area contributed by atoms with E-state index in [0.29, 0.717) is 12.8 Å². The van der Waals surface area contributed by atoms with Crippen molar-refractivity contribution in [3.05, 3.63) is 53.8 Å². The summed E-state index contributed by atoms with van der Waals surface area (Å²) in [6.07, 6.45) is 0.969. The van der Waals surface area contributed by atoms with Crippen LogP contribution in [-0.2, 0) is 20.7 Å². The zero-order valence-electron chi connectivity index (χ0n) is 15.2. The second-order valence-electron chi connectivity index (χ2n) is 7.42. The van der Waals surface area contributed by atoms with Crippen molar-refractivity contribution in [3.8, 4) is 11.1 Å². The highest BCUT2D eigenvalue weighted by Gasteiger charge is 2.28. The molecule has 1 heterocycles. The van der Waals surface area contributed by atoms with Gasteiger partial charge in [-0.3, -0.25) is 9.59 Å². The first-order valence-electron chi connectivity index (χ1n) is 8.64. The van der Waals surface area contributed by atoms with Crippen molar-refractivity contribution < 1.29 is 18.7 Å². The van der Waals surface area contributed by atoms with Crippen LogP contribution in [0.3, 0.4) is 0 Å². The van der Waals surface area contributed by atoms with E-state index in [-0.39, 0.29) is 18.3 Å². The van der Waals surface area contributed by atoms with Gasteiger partial charge in [0, 0.05) is 12.1 Å². The summed E-state index contributed by atoms with van der Waals surface area (Å²) in [5, 5.41) is 0. The predicted octanol–water partition coefficient (Wildman–Crippen LogP) is 4.11. The number of hydrogen-bond acceptors (Lipinski definition) is 3. The lowest BCUT2D eigenvalue weighted by molar-refractivity contribution is -0.153. The highest BCUT2D eigenvalue weighted by Crippen LogP contribution is 2.32. The van der Waals surface area contributed by atoms with Crippen LogP contribution in [0, 0.1) is 5.82 Å².